The maximum atomic E-state index is 4.53. The molecule has 1 saturated heterocycles. The van der Waals surface area contributed by atoms with E-state index < -0.39 is 0 Å². The molecule has 0 bridgehead atoms. The van der Waals surface area contributed by atoms with Crippen molar-refractivity contribution in [3.63, 3.8) is 0 Å². The molecule has 0 aromatic carbocycles. The average molecular weight is 291 g/mol. The van der Waals surface area contributed by atoms with E-state index in [9.17, 15) is 0 Å². The van der Waals surface area contributed by atoms with Crippen LogP contribution in [-0.4, -0.2) is 43.1 Å². The fourth-order valence-corrected chi connectivity index (χ4v) is 2.62. The van der Waals surface area contributed by atoms with Gasteiger partial charge >= 0.3 is 0 Å². The first-order chi connectivity index (χ1) is 10.3. The number of likely N-dealkylation sites (N-methyl/N-ethyl adjacent to an activating group) is 1. The van der Waals surface area contributed by atoms with Crippen molar-refractivity contribution < 1.29 is 0 Å². The smallest absolute Gasteiger partial charge is 0.128 e. The first-order valence-electron chi connectivity index (χ1n) is 8.63. The molecule has 2 aliphatic rings. The second-order valence-electron chi connectivity index (χ2n) is 5.70. The van der Waals surface area contributed by atoms with Crippen molar-refractivity contribution in [3.05, 3.63) is 23.9 Å². The standard InChI is InChI=1S/C11H17N3.C5H10.C2H6/c1-10-4-3-5-11(12-10)14-8-6-13(2)7-9-14;1-2-4-5-3-1;1-2/h3-5H,6-9H2,1-2H3;1-5H2;1-2H3. The number of pyridine rings is 1. The highest BCUT2D eigenvalue weighted by molar-refractivity contribution is 5.39. The van der Waals surface area contributed by atoms with Gasteiger partial charge in [-0.2, -0.15) is 0 Å². The molecule has 1 saturated carbocycles. The van der Waals surface area contributed by atoms with Crippen molar-refractivity contribution in [2.75, 3.05) is 38.1 Å². The molecular formula is C18H33N3. The third-order valence-electron chi connectivity index (χ3n) is 3.95. The van der Waals surface area contributed by atoms with Crippen molar-refractivity contribution >= 4 is 5.82 Å². The van der Waals surface area contributed by atoms with Crippen LogP contribution in [0.2, 0.25) is 0 Å². The Balaban J connectivity index is 0.000000263. The highest BCUT2D eigenvalue weighted by Crippen LogP contribution is 2.15. The van der Waals surface area contributed by atoms with E-state index in [-0.39, 0.29) is 0 Å². The number of aryl methyl sites for hydroxylation is 1. The van der Waals surface area contributed by atoms with Crippen molar-refractivity contribution in [2.45, 2.75) is 52.9 Å². The molecule has 21 heavy (non-hydrogen) atoms. The third-order valence-corrected chi connectivity index (χ3v) is 3.95. The Hall–Kier alpha value is -1.09. The van der Waals surface area contributed by atoms with Crippen LogP contribution in [0.25, 0.3) is 0 Å². The summed E-state index contributed by atoms with van der Waals surface area (Å²) in [6.45, 7) is 10.5. The van der Waals surface area contributed by atoms with E-state index in [1.807, 2.05) is 26.8 Å². The quantitative estimate of drug-likeness (QED) is 0.776. The number of hydrogen-bond donors (Lipinski definition) is 0. The van der Waals surface area contributed by atoms with E-state index in [1.165, 1.54) is 32.1 Å². The lowest BCUT2D eigenvalue weighted by Crippen LogP contribution is -2.44. The largest absolute Gasteiger partial charge is 0.354 e. The summed E-state index contributed by atoms with van der Waals surface area (Å²) in [5, 5.41) is 0. The van der Waals surface area contributed by atoms with Gasteiger partial charge in [0.25, 0.3) is 0 Å². The molecule has 0 radical (unpaired) electrons. The molecule has 2 heterocycles. The number of piperazine rings is 1. The van der Waals surface area contributed by atoms with Crippen LogP contribution in [0.3, 0.4) is 0 Å². The van der Waals surface area contributed by atoms with Crippen LogP contribution >= 0.6 is 0 Å². The molecule has 3 rings (SSSR count). The van der Waals surface area contributed by atoms with E-state index in [4.69, 9.17) is 0 Å². The number of nitrogens with zero attached hydrogens (tertiary/aromatic N) is 3. The van der Waals surface area contributed by atoms with Gasteiger partial charge in [-0.05, 0) is 26.1 Å². The van der Waals surface area contributed by atoms with Gasteiger partial charge in [0.15, 0.2) is 0 Å². The molecule has 1 aromatic rings. The lowest BCUT2D eigenvalue weighted by molar-refractivity contribution is 0.312. The van der Waals surface area contributed by atoms with Crippen LogP contribution in [-0.2, 0) is 0 Å². The molecule has 2 fully saturated rings. The zero-order valence-corrected chi connectivity index (χ0v) is 14.4. The minimum Gasteiger partial charge on any atom is -0.354 e. The molecule has 0 unspecified atom stereocenters. The minimum atomic E-state index is 1.09. The molecule has 1 aromatic heterocycles. The molecule has 0 spiro atoms. The molecule has 120 valence electrons. The van der Waals surface area contributed by atoms with Crippen LogP contribution < -0.4 is 4.90 Å². The monoisotopic (exact) mass is 291 g/mol. The SMILES string of the molecule is C1CCCC1.CC.Cc1cccc(N2CCN(C)CC2)n1. The summed E-state index contributed by atoms with van der Waals surface area (Å²) in [6, 6.07) is 6.22. The van der Waals surface area contributed by atoms with Crippen LogP contribution in [0.5, 0.6) is 0 Å². The van der Waals surface area contributed by atoms with Crippen molar-refractivity contribution in [2.24, 2.45) is 0 Å². The van der Waals surface area contributed by atoms with Crippen LogP contribution in [0, 0.1) is 6.92 Å². The Morgan fingerprint density at radius 1 is 0.857 bits per heavy atom. The predicted molar refractivity (Wildman–Crippen MR) is 93.1 cm³/mol. The molecule has 1 aliphatic carbocycles. The number of aromatic nitrogens is 1. The van der Waals surface area contributed by atoms with Gasteiger partial charge in [-0.25, -0.2) is 4.98 Å². The van der Waals surface area contributed by atoms with Gasteiger partial charge in [0.2, 0.25) is 0 Å². The molecule has 3 nitrogen and oxygen atoms in total. The molecule has 0 atom stereocenters. The summed E-state index contributed by atoms with van der Waals surface area (Å²) in [6.07, 6.45) is 7.50. The van der Waals surface area contributed by atoms with E-state index in [1.54, 1.807) is 0 Å². The summed E-state index contributed by atoms with van der Waals surface area (Å²) < 4.78 is 0. The molecule has 1 aliphatic heterocycles. The van der Waals surface area contributed by atoms with Gasteiger partial charge in [-0.3, -0.25) is 0 Å². The fraction of sp³-hybridized carbons (Fsp3) is 0.722. The van der Waals surface area contributed by atoms with Gasteiger partial charge in [0.05, 0.1) is 0 Å². The topological polar surface area (TPSA) is 19.4 Å². The van der Waals surface area contributed by atoms with Gasteiger partial charge in [-0.1, -0.05) is 52.0 Å². The minimum absolute atomic E-state index is 1.09. The Labute approximate surface area is 131 Å². The lowest BCUT2D eigenvalue weighted by atomic mass is 10.3. The summed E-state index contributed by atoms with van der Waals surface area (Å²) in [5.74, 6) is 1.12. The average Bonchev–Trinajstić information content (AvgIpc) is 3.10. The zero-order valence-electron chi connectivity index (χ0n) is 14.4. The molecule has 0 amide bonds. The van der Waals surface area contributed by atoms with Crippen LogP contribution in [0.4, 0.5) is 5.82 Å². The van der Waals surface area contributed by atoms with Crippen molar-refractivity contribution in [1.29, 1.82) is 0 Å². The molecule has 0 N–H and O–H groups in total. The highest BCUT2D eigenvalue weighted by Gasteiger charge is 2.14. The maximum Gasteiger partial charge on any atom is 0.128 e. The van der Waals surface area contributed by atoms with Gasteiger partial charge < -0.3 is 9.80 Å². The van der Waals surface area contributed by atoms with E-state index >= 15 is 0 Å². The second-order valence-corrected chi connectivity index (χ2v) is 5.70. The summed E-state index contributed by atoms with van der Waals surface area (Å²) in [4.78, 5) is 9.24. The van der Waals surface area contributed by atoms with Gasteiger partial charge in [0.1, 0.15) is 5.82 Å². The Kier molecular flexibility index (Phi) is 9.07. The van der Waals surface area contributed by atoms with E-state index in [2.05, 4.69) is 34.0 Å². The fourth-order valence-electron chi connectivity index (χ4n) is 2.62. The second kappa shape index (κ2) is 10.6. The summed E-state index contributed by atoms with van der Waals surface area (Å²) in [7, 11) is 2.17. The van der Waals surface area contributed by atoms with Gasteiger partial charge in [0, 0.05) is 31.9 Å². The molecule has 3 heteroatoms. The maximum absolute atomic E-state index is 4.53. The van der Waals surface area contributed by atoms with Crippen molar-refractivity contribution in [1.82, 2.24) is 9.88 Å². The first kappa shape index (κ1) is 18.0. The van der Waals surface area contributed by atoms with Crippen LogP contribution in [0.15, 0.2) is 18.2 Å². The Bertz CT molecular complexity index is 359. The van der Waals surface area contributed by atoms with Crippen LogP contribution in [0.1, 0.15) is 51.6 Å². The highest BCUT2D eigenvalue weighted by atomic mass is 15.3. The number of hydrogen-bond acceptors (Lipinski definition) is 3. The first-order valence-corrected chi connectivity index (χ1v) is 8.63. The Morgan fingerprint density at radius 2 is 1.38 bits per heavy atom. The zero-order chi connectivity index (χ0) is 15.5. The summed E-state index contributed by atoms with van der Waals surface area (Å²) >= 11 is 0. The number of anilines is 1. The van der Waals surface area contributed by atoms with Gasteiger partial charge in [-0.15, -0.1) is 0 Å². The normalized spacial score (nSPS) is 18.4. The third kappa shape index (κ3) is 6.94. The molecular weight excluding hydrogens is 258 g/mol. The predicted octanol–water partition coefficient (Wildman–Crippen LogP) is 4.12. The lowest BCUT2D eigenvalue weighted by Gasteiger charge is -2.33. The van der Waals surface area contributed by atoms with E-state index in [0.717, 1.165) is 37.7 Å². The summed E-state index contributed by atoms with van der Waals surface area (Å²) in [5.41, 5.74) is 1.10. The Morgan fingerprint density at radius 3 is 1.86 bits per heavy atom. The number of rotatable bonds is 1. The van der Waals surface area contributed by atoms with E-state index in [0.29, 0.717) is 0 Å². The van der Waals surface area contributed by atoms with Crippen molar-refractivity contribution in [3.8, 4) is 0 Å².